The molecule has 0 spiro atoms. The molecule has 0 fully saturated rings. The van der Waals surface area contributed by atoms with Gasteiger partial charge in [-0.15, -0.1) is 11.3 Å². The molecule has 0 saturated carbocycles. The minimum atomic E-state index is 0.703. The highest BCUT2D eigenvalue weighted by Crippen LogP contribution is 2.36. The highest BCUT2D eigenvalue weighted by atomic mass is 79.9. The number of nitrogens with zero attached hydrogens (tertiary/aromatic N) is 2. The SMILES string of the molecule is Brc1nsc(-c2cc3c(s2)CCCC3)n1. The maximum Gasteiger partial charge on any atom is 0.209 e. The number of hydrogen-bond acceptors (Lipinski definition) is 4. The van der Waals surface area contributed by atoms with Gasteiger partial charge in [-0.2, -0.15) is 4.37 Å². The van der Waals surface area contributed by atoms with Crippen molar-refractivity contribution in [1.82, 2.24) is 9.36 Å². The number of aryl methyl sites for hydroxylation is 2. The minimum absolute atomic E-state index is 0.703. The van der Waals surface area contributed by atoms with E-state index in [1.54, 1.807) is 4.88 Å². The van der Waals surface area contributed by atoms with Gasteiger partial charge in [0.15, 0.2) is 5.01 Å². The lowest BCUT2D eigenvalue weighted by molar-refractivity contribution is 0.697. The van der Waals surface area contributed by atoms with E-state index in [-0.39, 0.29) is 0 Å². The predicted octanol–water partition coefficient (Wildman–Crippen LogP) is 3.91. The second-order valence-electron chi connectivity index (χ2n) is 3.63. The van der Waals surface area contributed by atoms with E-state index in [1.807, 2.05) is 11.3 Å². The van der Waals surface area contributed by atoms with Crippen LogP contribution in [0.25, 0.3) is 9.88 Å². The van der Waals surface area contributed by atoms with E-state index in [0.717, 1.165) is 5.01 Å². The van der Waals surface area contributed by atoms with Gasteiger partial charge in [0, 0.05) is 4.88 Å². The van der Waals surface area contributed by atoms with Crippen LogP contribution in [0.4, 0.5) is 0 Å². The second kappa shape index (κ2) is 3.96. The zero-order valence-electron chi connectivity index (χ0n) is 7.99. The molecule has 2 aromatic heterocycles. The third-order valence-corrected chi connectivity index (χ3v) is 5.32. The summed E-state index contributed by atoms with van der Waals surface area (Å²) in [6, 6.07) is 2.30. The van der Waals surface area contributed by atoms with Crippen LogP contribution in [-0.4, -0.2) is 9.36 Å². The van der Waals surface area contributed by atoms with Crippen molar-refractivity contribution in [2.75, 3.05) is 0 Å². The Morgan fingerprint density at radius 1 is 1.27 bits per heavy atom. The quantitative estimate of drug-likeness (QED) is 0.798. The first-order valence-electron chi connectivity index (χ1n) is 4.94. The van der Waals surface area contributed by atoms with Crippen molar-refractivity contribution >= 4 is 38.8 Å². The topological polar surface area (TPSA) is 25.8 Å². The molecule has 0 bridgehead atoms. The van der Waals surface area contributed by atoms with E-state index in [2.05, 4.69) is 31.4 Å². The molecule has 15 heavy (non-hydrogen) atoms. The van der Waals surface area contributed by atoms with Gasteiger partial charge in [0.2, 0.25) is 4.73 Å². The molecule has 0 aliphatic heterocycles. The van der Waals surface area contributed by atoms with Gasteiger partial charge in [0.25, 0.3) is 0 Å². The highest BCUT2D eigenvalue weighted by Gasteiger charge is 2.15. The Balaban J connectivity index is 2.02. The van der Waals surface area contributed by atoms with Gasteiger partial charge in [-0.25, -0.2) is 4.98 Å². The van der Waals surface area contributed by atoms with Crippen LogP contribution >= 0.6 is 38.8 Å². The molecule has 1 aliphatic carbocycles. The monoisotopic (exact) mass is 300 g/mol. The van der Waals surface area contributed by atoms with Gasteiger partial charge >= 0.3 is 0 Å². The van der Waals surface area contributed by atoms with Gasteiger partial charge in [-0.1, -0.05) is 0 Å². The zero-order chi connectivity index (χ0) is 10.3. The first-order chi connectivity index (χ1) is 7.33. The van der Waals surface area contributed by atoms with Crippen molar-refractivity contribution in [3.63, 3.8) is 0 Å². The first-order valence-corrected chi connectivity index (χ1v) is 7.32. The Labute approximate surface area is 105 Å². The molecule has 3 rings (SSSR count). The molecule has 0 radical (unpaired) electrons. The van der Waals surface area contributed by atoms with Gasteiger partial charge < -0.3 is 0 Å². The van der Waals surface area contributed by atoms with Crippen LogP contribution in [0.2, 0.25) is 0 Å². The van der Waals surface area contributed by atoms with Gasteiger partial charge in [-0.3, -0.25) is 0 Å². The Bertz CT molecular complexity index is 466. The fraction of sp³-hybridized carbons (Fsp3) is 0.400. The van der Waals surface area contributed by atoms with Crippen molar-refractivity contribution in [1.29, 1.82) is 0 Å². The van der Waals surface area contributed by atoms with Crippen LogP contribution in [0.5, 0.6) is 0 Å². The normalized spacial score (nSPS) is 15.3. The van der Waals surface area contributed by atoms with Crippen LogP contribution < -0.4 is 0 Å². The Morgan fingerprint density at radius 3 is 2.87 bits per heavy atom. The second-order valence-corrected chi connectivity index (χ2v) is 6.23. The summed E-state index contributed by atoms with van der Waals surface area (Å²) in [5.41, 5.74) is 1.53. The number of thiophene rings is 1. The molecule has 1 aliphatic rings. The largest absolute Gasteiger partial charge is 0.209 e. The predicted molar refractivity (Wildman–Crippen MR) is 67.6 cm³/mol. The first kappa shape index (κ1) is 9.93. The average Bonchev–Trinajstić information content (AvgIpc) is 2.82. The van der Waals surface area contributed by atoms with E-state index >= 15 is 0 Å². The molecule has 2 aromatic rings. The number of aromatic nitrogens is 2. The zero-order valence-corrected chi connectivity index (χ0v) is 11.2. The number of halogens is 1. The molecule has 2 heterocycles. The molecular formula is C10H9BrN2S2. The molecule has 2 nitrogen and oxygen atoms in total. The van der Waals surface area contributed by atoms with E-state index in [1.165, 1.54) is 47.7 Å². The van der Waals surface area contributed by atoms with Crippen LogP contribution in [0.1, 0.15) is 23.3 Å². The standard InChI is InChI=1S/C10H9BrN2S2/c11-10-12-9(15-13-10)8-5-6-3-1-2-4-7(6)14-8/h5H,1-4H2. The lowest BCUT2D eigenvalue weighted by atomic mass is 9.99. The average molecular weight is 301 g/mol. The van der Waals surface area contributed by atoms with Crippen molar-refractivity contribution in [2.45, 2.75) is 25.7 Å². The number of fused-ring (bicyclic) bond motifs is 1. The van der Waals surface area contributed by atoms with E-state index in [4.69, 9.17) is 0 Å². The molecule has 5 heteroatoms. The third-order valence-electron chi connectivity index (χ3n) is 2.61. The lowest BCUT2D eigenvalue weighted by Gasteiger charge is -2.08. The molecule has 0 saturated heterocycles. The number of rotatable bonds is 1. The van der Waals surface area contributed by atoms with E-state index in [0.29, 0.717) is 4.73 Å². The van der Waals surface area contributed by atoms with Crippen molar-refractivity contribution in [3.05, 3.63) is 21.2 Å². The number of hydrogen-bond donors (Lipinski definition) is 0. The van der Waals surface area contributed by atoms with Crippen molar-refractivity contribution < 1.29 is 0 Å². The Hall–Kier alpha value is -0.260. The summed E-state index contributed by atoms with van der Waals surface area (Å²) in [7, 11) is 0. The van der Waals surface area contributed by atoms with Crippen LogP contribution in [0.15, 0.2) is 10.8 Å². The fourth-order valence-electron chi connectivity index (χ4n) is 1.90. The summed E-state index contributed by atoms with van der Waals surface area (Å²) in [5.74, 6) is 0. The molecule has 0 N–H and O–H groups in total. The molecule has 0 unspecified atom stereocenters. The van der Waals surface area contributed by atoms with Crippen LogP contribution in [0.3, 0.4) is 0 Å². The molecular weight excluding hydrogens is 292 g/mol. The smallest absolute Gasteiger partial charge is 0.208 e. The summed E-state index contributed by atoms with van der Waals surface area (Å²) in [6.45, 7) is 0. The molecule has 0 amide bonds. The fourth-order valence-corrected chi connectivity index (χ4v) is 4.27. The van der Waals surface area contributed by atoms with E-state index in [9.17, 15) is 0 Å². The summed E-state index contributed by atoms with van der Waals surface area (Å²) in [5, 5.41) is 1.04. The molecule has 0 atom stereocenters. The summed E-state index contributed by atoms with van der Waals surface area (Å²) in [6.07, 6.45) is 5.17. The van der Waals surface area contributed by atoms with Gasteiger partial charge in [0.1, 0.15) is 0 Å². The van der Waals surface area contributed by atoms with Crippen molar-refractivity contribution in [3.8, 4) is 9.88 Å². The van der Waals surface area contributed by atoms with Gasteiger partial charge in [0.05, 0.1) is 4.88 Å². The maximum absolute atomic E-state index is 4.36. The summed E-state index contributed by atoms with van der Waals surface area (Å²) < 4.78 is 4.86. The van der Waals surface area contributed by atoms with Crippen molar-refractivity contribution in [2.24, 2.45) is 0 Å². The van der Waals surface area contributed by atoms with E-state index < -0.39 is 0 Å². The van der Waals surface area contributed by atoms with Gasteiger partial charge in [-0.05, 0) is 64.8 Å². The molecule has 78 valence electrons. The maximum atomic E-state index is 4.36. The molecule has 0 aromatic carbocycles. The van der Waals surface area contributed by atoms with Crippen LogP contribution in [-0.2, 0) is 12.8 Å². The minimum Gasteiger partial charge on any atom is -0.208 e. The highest BCUT2D eigenvalue weighted by molar-refractivity contribution is 9.10. The Kier molecular flexibility index (Phi) is 2.62. The lowest BCUT2D eigenvalue weighted by Crippen LogP contribution is -1.96. The summed E-state index contributed by atoms with van der Waals surface area (Å²) >= 11 is 6.65. The van der Waals surface area contributed by atoms with Crippen LogP contribution in [0, 0.1) is 0 Å². The Morgan fingerprint density at radius 2 is 2.13 bits per heavy atom. The third kappa shape index (κ3) is 1.88. The summed E-state index contributed by atoms with van der Waals surface area (Å²) in [4.78, 5) is 7.20.